The van der Waals surface area contributed by atoms with Crippen LogP contribution in [0.2, 0.25) is 0 Å². The highest BCUT2D eigenvalue weighted by atomic mass is 32.1. The molecule has 1 atom stereocenters. The van der Waals surface area contributed by atoms with Crippen LogP contribution in [-0.2, 0) is 22.7 Å². The van der Waals surface area contributed by atoms with Gasteiger partial charge < -0.3 is 19.5 Å². The minimum atomic E-state index is 0.0350. The fourth-order valence-electron chi connectivity index (χ4n) is 3.89. The zero-order valence-corrected chi connectivity index (χ0v) is 15.8. The first kappa shape index (κ1) is 17.6. The Hall–Kier alpha value is -1.77. The molecule has 0 aromatic carbocycles. The summed E-state index contributed by atoms with van der Waals surface area (Å²) in [5.41, 5.74) is 1.49. The second kappa shape index (κ2) is 7.46. The number of carbonyl (C=O) groups is 1. The Labute approximate surface area is 156 Å². The highest BCUT2D eigenvalue weighted by Crippen LogP contribution is 2.56. The Bertz CT molecular complexity index is 739. The van der Waals surface area contributed by atoms with E-state index in [1.54, 1.807) is 18.3 Å². The molecule has 0 radical (unpaired) electrons. The summed E-state index contributed by atoms with van der Waals surface area (Å²) in [5.74, 6) is 1.01. The van der Waals surface area contributed by atoms with E-state index in [4.69, 9.17) is 9.26 Å². The summed E-state index contributed by atoms with van der Waals surface area (Å²) >= 11 is 1.66. The van der Waals surface area contributed by atoms with Crippen LogP contribution in [0.4, 0.5) is 0 Å². The van der Waals surface area contributed by atoms with Crippen LogP contribution in [0.3, 0.4) is 0 Å². The third-order valence-electron chi connectivity index (χ3n) is 5.40. The van der Waals surface area contributed by atoms with Crippen LogP contribution >= 0.6 is 11.3 Å². The topological polar surface area (TPSA) is 80.5 Å². The lowest BCUT2D eigenvalue weighted by Crippen LogP contribution is -2.40. The summed E-state index contributed by atoms with van der Waals surface area (Å²) in [5, 5.41) is 11.3. The minimum absolute atomic E-state index is 0.0350. The molecule has 140 valence electrons. The van der Waals surface area contributed by atoms with Gasteiger partial charge >= 0.3 is 0 Å². The van der Waals surface area contributed by atoms with E-state index in [2.05, 4.69) is 32.3 Å². The van der Waals surface area contributed by atoms with Crippen molar-refractivity contribution in [2.24, 2.45) is 5.41 Å². The van der Waals surface area contributed by atoms with Crippen LogP contribution in [0.15, 0.2) is 21.3 Å². The molecule has 3 heterocycles. The molecule has 1 saturated heterocycles. The number of hydrogen-bond donors (Lipinski definition) is 1. The Morgan fingerprint density at radius 3 is 3.04 bits per heavy atom. The first-order valence-corrected chi connectivity index (χ1v) is 9.99. The van der Waals surface area contributed by atoms with Gasteiger partial charge in [-0.25, -0.2) is 0 Å². The molecule has 1 unspecified atom stereocenters. The number of hydrogen-bond acceptors (Lipinski definition) is 7. The predicted octanol–water partition coefficient (Wildman–Crippen LogP) is 2.13. The van der Waals surface area contributed by atoms with Crippen LogP contribution in [-0.4, -0.2) is 46.7 Å². The minimum Gasteiger partial charge on any atom is -0.362 e. The summed E-state index contributed by atoms with van der Waals surface area (Å²) in [6.07, 6.45) is 3.40. The van der Waals surface area contributed by atoms with Gasteiger partial charge in [-0.1, -0.05) is 5.16 Å². The maximum atomic E-state index is 12.9. The molecule has 1 aliphatic heterocycles. The van der Waals surface area contributed by atoms with Crippen LogP contribution in [0.5, 0.6) is 0 Å². The lowest BCUT2D eigenvalue weighted by molar-refractivity contribution is -0.138. The highest BCUT2D eigenvalue weighted by Gasteiger charge is 2.57. The van der Waals surface area contributed by atoms with Gasteiger partial charge in [-0.3, -0.25) is 4.79 Å². The van der Waals surface area contributed by atoms with Crippen LogP contribution in [0.25, 0.3) is 0 Å². The van der Waals surface area contributed by atoms with Gasteiger partial charge in [-0.2, -0.15) is 16.3 Å². The van der Waals surface area contributed by atoms with Crippen molar-refractivity contribution in [3.8, 4) is 0 Å². The number of thiophene rings is 1. The number of piperidine rings is 1. The van der Waals surface area contributed by atoms with Crippen molar-refractivity contribution < 1.29 is 14.1 Å². The monoisotopic (exact) mass is 376 g/mol. The van der Waals surface area contributed by atoms with E-state index in [-0.39, 0.29) is 19.1 Å². The van der Waals surface area contributed by atoms with Gasteiger partial charge in [-0.15, -0.1) is 0 Å². The zero-order valence-electron chi connectivity index (χ0n) is 14.9. The third-order valence-corrected chi connectivity index (χ3v) is 6.13. The van der Waals surface area contributed by atoms with Crippen molar-refractivity contribution in [2.75, 3.05) is 19.7 Å². The molecule has 2 aromatic rings. The lowest BCUT2D eigenvalue weighted by Gasteiger charge is -2.29. The lowest BCUT2D eigenvalue weighted by atomic mass is 9.93. The van der Waals surface area contributed by atoms with Gasteiger partial charge in [0.1, 0.15) is 13.2 Å². The average molecular weight is 376 g/mol. The van der Waals surface area contributed by atoms with Gasteiger partial charge in [0, 0.05) is 12.6 Å². The SMILES string of the molecule is Cc1noc(COCC(=O)N(Cc2ccsc2)C2CC23CCNCC3)n1. The number of nitrogens with one attached hydrogen (secondary N) is 1. The van der Waals surface area contributed by atoms with E-state index >= 15 is 0 Å². The Balaban J connectivity index is 1.38. The number of amides is 1. The number of aromatic nitrogens is 2. The number of rotatable bonds is 7. The van der Waals surface area contributed by atoms with Gasteiger partial charge in [0.05, 0.1) is 0 Å². The van der Waals surface area contributed by atoms with Crippen molar-refractivity contribution in [3.63, 3.8) is 0 Å². The zero-order chi connectivity index (χ0) is 18.0. The van der Waals surface area contributed by atoms with Crippen LogP contribution < -0.4 is 5.32 Å². The molecule has 1 amide bonds. The molecule has 4 rings (SSSR count). The van der Waals surface area contributed by atoms with Crippen LogP contribution in [0, 0.1) is 12.3 Å². The van der Waals surface area contributed by atoms with E-state index in [0.29, 0.717) is 29.7 Å². The molecule has 2 aliphatic rings. The second-order valence-corrected chi connectivity index (χ2v) is 7.99. The number of aryl methyl sites for hydroxylation is 1. The Morgan fingerprint density at radius 2 is 2.35 bits per heavy atom. The summed E-state index contributed by atoms with van der Waals surface area (Å²) in [7, 11) is 0. The average Bonchev–Trinajstić information content (AvgIpc) is 3.01. The van der Waals surface area contributed by atoms with E-state index in [9.17, 15) is 4.79 Å². The predicted molar refractivity (Wildman–Crippen MR) is 96.5 cm³/mol. The van der Waals surface area contributed by atoms with Crippen molar-refractivity contribution in [1.29, 1.82) is 0 Å². The molecular formula is C18H24N4O3S. The summed E-state index contributed by atoms with van der Waals surface area (Å²) in [4.78, 5) is 19.0. The fourth-order valence-corrected chi connectivity index (χ4v) is 4.55. The Kier molecular flexibility index (Phi) is 5.06. The molecule has 1 aliphatic carbocycles. The molecule has 2 fully saturated rings. The molecular weight excluding hydrogens is 352 g/mol. The summed E-state index contributed by atoms with van der Waals surface area (Å²) in [6, 6.07) is 2.41. The third kappa shape index (κ3) is 3.82. The van der Waals surface area contributed by atoms with Gasteiger partial charge in [0.2, 0.25) is 5.91 Å². The van der Waals surface area contributed by atoms with E-state index < -0.39 is 0 Å². The molecule has 1 N–H and O–H groups in total. The maximum absolute atomic E-state index is 12.9. The van der Waals surface area contributed by atoms with Crippen molar-refractivity contribution in [1.82, 2.24) is 20.4 Å². The van der Waals surface area contributed by atoms with Crippen molar-refractivity contribution in [2.45, 2.75) is 45.4 Å². The van der Waals surface area contributed by atoms with Gasteiger partial charge in [0.15, 0.2) is 5.82 Å². The molecule has 7 nitrogen and oxygen atoms in total. The van der Waals surface area contributed by atoms with Gasteiger partial charge in [0.25, 0.3) is 5.89 Å². The highest BCUT2D eigenvalue weighted by molar-refractivity contribution is 7.07. The fraction of sp³-hybridized carbons (Fsp3) is 0.611. The van der Waals surface area contributed by atoms with Crippen molar-refractivity contribution in [3.05, 3.63) is 34.1 Å². The molecule has 8 heteroatoms. The van der Waals surface area contributed by atoms with Gasteiger partial charge in [-0.05, 0) is 67.1 Å². The smallest absolute Gasteiger partial charge is 0.252 e. The second-order valence-electron chi connectivity index (χ2n) is 7.21. The number of carbonyl (C=O) groups excluding carboxylic acids is 1. The molecule has 0 bridgehead atoms. The quantitative estimate of drug-likeness (QED) is 0.797. The van der Waals surface area contributed by atoms with Crippen molar-refractivity contribution >= 4 is 17.2 Å². The molecule has 1 spiro atoms. The first-order chi connectivity index (χ1) is 12.7. The Morgan fingerprint density at radius 1 is 1.50 bits per heavy atom. The maximum Gasteiger partial charge on any atom is 0.252 e. The summed E-state index contributed by atoms with van der Waals surface area (Å²) in [6.45, 7) is 4.71. The normalized spacial score (nSPS) is 21.0. The largest absolute Gasteiger partial charge is 0.362 e. The standard InChI is InChI=1S/C18H24N4O3S/c1-13-20-16(25-21-13)10-24-11-17(23)22(9-14-2-7-26-12-14)15-8-18(15)3-5-19-6-4-18/h2,7,12,15,19H,3-6,8-11H2,1H3. The first-order valence-electron chi connectivity index (χ1n) is 9.04. The van der Waals surface area contributed by atoms with E-state index in [1.165, 1.54) is 5.56 Å². The molecule has 2 aromatic heterocycles. The number of nitrogens with zero attached hydrogens (tertiary/aromatic N) is 3. The molecule has 26 heavy (non-hydrogen) atoms. The molecule has 1 saturated carbocycles. The summed E-state index contributed by atoms with van der Waals surface area (Å²) < 4.78 is 10.6. The number of ether oxygens (including phenoxy) is 1. The van der Waals surface area contributed by atoms with Crippen LogP contribution in [0.1, 0.15) is 36.5 Å². The van der Waals surface area contributed by atoms with E-state index in [0.717, 1.165) is 32.4 Å². The van der Waals surface area contributed by atoms with E-state index in [1.807, 2.05) is 4.90 Å².